The molecular weight excluding hydrogens is 318 g/mol. The number of carbonyl (C=O) groups excluding carboxylic acids is 2. The van der Waals surface area contributed by atoms with Gasteiger partial charge in [0.2, 0.25) is 0 Å². The molecule has 2 aromatic carbocycles. The Morgan fingerprint density at radius 3 is 2.40 bits per heavy atom. The van der Waals surface area contributed by atoms with E-state index in [-0.39, 0.29) is 5.91 Å². The fourth-order valence-electron chi connectivity index (χ4n) is 2.16. The number of ether oxygens (including phenoxy) is 2. The maximum absolute atomic E-state index is 12.3. The molecule has 1 N–H and O–H groups in total. The predicted molar refractivity (Wildman–Crippen MR) is 96.9 cm³/mol. The standard InChI is InChI=1S/C20H23NO4/c1-4-13-24-20(23)15(3)25-17-11-9-16(10-12-17)19(22)21-18-8-6-5-7-14(18)2/h5-12,15H,4,13H2,1-3H3,(H,21,22)/t15-/m0/s1. The third-order valence-electron chi connectivity index (χ3n) is 3.60. The van der Waals surface area contributed by atoms with Crippen molar-refractivity contribution < 1.29 is 19.1 Å². The van der Waals surface area contributed by atoms with Gasteiger partial charge in [-0.25, -0.2) is 4.79 Å². The number of rotatable bonds is 7. The monoisotopic (exact) mass is 341 g/mol. The molecule has 5 heteroatoms. The molecule has 2 aromatic rings. The first-order chi connectivity index (χ1) is 12.0. The Kier molecular flexibility index (Phi) is 6.57. The summed E-state index contributed by atoms with van der Waals surface area (Å²) in [4.78, 5) is 24.0. The van der Waals surface area contributed by atoms with Crippen LogP contribution in [0.25, 0.3) is 0 Å². The largest absolute Gasteiger partial charge is 0.479 e. The third kappa shape index (κ3) is 5.35. The van der Waals surface area contributed by atoms with Crippen LogP contribution < -0.4 is 10.1 Å². The highest BCUT2D eigenvalue weighted by atomic mass is 16.6. The lowest BCUT2D eigenvalue weighted by atomic mass is 10.1. The van der Waals surface area contributed by atoms with Crippen LogP contribution in [-0.2, 0) is 9.53 Å². The number of nitrogens with one attached hydrogen (secondary N) is 1. The third-order valence-corrected chi connectivity index (χ3v) is 3.60. The highest BCUT2D eigenvalue weighted by Gasteiger charge is 2.16. The minimum atomic E-state index is -0.696. The van der Waals surface area contributed by atoms with Crippen LogP contribution in [0.2, 0.25) is 0 Å². The molecule has 0 aliphatic carbocycles. The van der Waals surface area contributed by atoms with Gasteiger partial charge in [0.15, 0.2) is 6.10 Å². The van der Waals surface area contributed by atoms with Crippen LogP contribution in [0, 0.1) is 6.92 Å². The van der Waals surface area contributed by atoms with Gasteiger partial charge in [0.05, 0.1) is 6.61 Å². The van der Waals surface area contributed by atoms with Gasteiger partial charge in [0.25, 0.3) is 5.91 Å². The zero-order valence-electron chi connectivity index (χ0n) is 14.7. The van der Waals surface area contributed by atoms with Crippen LogP contribution in [0.15, 0.2) is 48.5 Å². The molecular formula is C20H23NO4. The first-order valence-electron chi connectivity index (χ1n) is 8.31. The van der Waals surface area contributed by atoms with Crippen molar-refractivity contribution in [2.24, 2.45) is 0 Å². The number of amides is 1. The summed E-state index contributed by atoms with van der Waals surface area (Å²) in [5.41, 5.74) is 2.28. The first kappa shape index (κ1) is 18.5. The summed E-state index contributed by atoms with van der Waals surface area (Å²) in [5.74, 6) is -0.0899. The molecule has 0 aliphatic rings. The van der Waals surface area contributed by atoms with Crippen LogP contribution >= 0.6 is 0 Å². The molecule has 0 unspecified atom stereocenters. The van der Waals surface area contributed by atoms with E-state index < -0.39 is 12.1 Å². The fourth-order valence-corrected chi connectivity index (χ4v) is 2.16. The maximum Gasteiger partial charge on any atom is 0.347 e. The molecule has 0 bridgehead atoms. The summed E-state index contributed by atoms with van der Waals surface area (Å²) in [6.07, 6.45) is 0.0709. The Morgan fingerprint density at radius 1 is 1.08 bits per heavy atom. The van der Waals surface area contributed by atoms with Crippen LogP contribution in [0.3, 0.4) is 0 Å². The summed E-state index contributed by atoms with van der Waals surface area (Å²) in [6, 6.07) is 14.2. The average Bonchev–Trinajstić information content (AvgIpc) is 2.62. The number of anilines is 1. The van der Waals surface area contributed by atoms with Gasteiger partial charge in [-0.05, 0) is 56.2 Å². The van der Waals surface area contributed by atoms with Crippen LogP contribution in [-0.4, -0.2) is 24.6 Å². The molecule has 132 valence electrons. The normalized spacial score (nSPS) is 11.5. The number of benzene rings is 2. The highest BCUT2D eigenvalue weighted by molar-refractivity contribution is 6.04. The summed E-state index contributed by atoms with van der Waals surface area (Å²) in [6.45, 7) is 5.88. The molecule has 0 aliphatic heterocycles. The smallest absolute Gasteiger partial charge is 0.347 e. The van der Waals surface area contributed by atoms with Crippen LogP contribution in [0.1, 0.15) is 36.2 Å². The van der Waals surface area contributed by atoms with Crippen molar-refractivity contribution in [1.29, 1.82) is 0 Å². The van der Waals surface area contributed by atoms with Crippen LogP contribution in [0.4, 0.5) is 5.69 Å². The Balaban J connectivity index is 1.96. The van der Waals surface area contributed by atoms with E-state index in [9.17, 15) is 9.59 Å². The highest BCUT2D eigenvalue weighted by Crippen LogP contribution is 2.17. The molecule has 0 aromatic heterocycles. The molecule has 0 heterocycles. The Labute approximate surface area is 148 Å². The second-order valence-corrected chi connectivity index (χ2v) is 5.72. The molecule has 1 atom stereocenters. The zero-order valence-corrected chi connectivity index (χ0v) is 14.7. The Morgan fingerprint density at radius 2 is 1.76 bits per heavy atom. The predicted octanol–water partition coefficient (Wildman–Crippen LogP) is 3.97. The van der Waals surface area contributed by atoms with Gasteiger partial charge < -0.3 is 14.8 Å². The SMILES string of the molecule is CCCOC(=O)[C@H](C)Oc1ccc(C(=O)Nc2ccccc2C)cc1. The quantitative estimate of drug-likeness (QED) is 0.774. The number of para-hydroxylation sites is 1. The lowest BCUT2D eigenvalue weighted by Crippen LogP contribution is -2.26. The number of carbonyl (C=O) groups is 2. The molecule has 2 rings (SSSR count). The molecule has 0 fully saturated rings. The van der Waals surface area contributed by atoms with Crippen LogP contribution in [0.5, 0.6) is 5.75 Å². The second-order valence-electron chi connectivity index (χ2n) is 5.72. The zero-order chi connectivity index (χ0) is 18.2. The number of hydrogen-bond acceptors (Lipinski definition) is 4. The van der Waals surface area contributed by atoms with Gasteiger partial charge in [-0.3, -0.25) is 4.79 Å². The molecule has 0 spiro atoms. The molecule has 0 radical (unpaired) electrons. The second kappa shape index (κ2) is 8.87. The van der Waals surface area contributed by atoms with Crippen molar-refractivity contribution in [3.8, 4) is 5.75 Å². The summed E-state index contributed by atoms with van der Waals surface area (Å²) < 4.78 is 10.6. The van der Waals surface area contributed by atoms with E-state index in [4.69, 9.17) is 9.47 Å². The van der Waals surface area contributed by atoms with Gasteiger partial charge in [0.1, 0.15) is 5.75 Å². The van der Waals surface area contributed by atoms with E-state index in [2.05, 4.69) is 5.32 Å². The first-order valence-corrected chi connectivity index (χ1v) is 8.31. The van der Waals surface area contributed by atoms with Gasteiger partial charge in [-0.2, -0.15) is 0 Å². The summed E-state index contributed by atoms with van der Waals surface area (Å²) in [5, 5.41) is 2.87. The van der Waals surface area contributed by atoms with Crippen molar-refractivity contribution in [3.05, 3.63) is 59.7 Å². The van der Waals surface area contributed by atoms with Gasteiger partial charge >= 0.3 is 5.97 Å². The minimum absolute atomic E-state index is 0.198. The lowest BCUT2D eigenvalue weighted by molar-refractivity contribution is -0.151. The Bertz CT molecular complexity index is 725. The maximum atomic E-state index is 12.3. The summed E-state index contributed by atoms with van der Waals surface area (Å²) in [7, 11) is 0. The minimum Gasteiger partial charge on any atom is -0.479 e. The van der Waals surface area contributed by atoms with Crippen molar-refractivity contribution in [2.75, 3.05) is 11.9 Å². The van der Waals surface area contributed by atoms with Crippen molar-refractivity contribution in [3.63, 3.8) is 0 Å². The average molecular weight is 341 g/mol. The van der Waals surface area contributed by atoms with Gasteiger partial charge in [-0.1, -0.05) is 25.1 Å². The van der Waals surface area contributed by atoms with E-state index in [1.807, 2.05) is 38.1 Å². The summed E-state index contributed by atoms with van der Waals surface area (Å²) >= 11 is 0. The lowest BCUT2D eigenvalue weighted by Gasteiger charge is -2.14. The van der Waals surface area contributed by atoms with E-state index in [1.54, 1.807) is 31.2 Å². The number of hydrogen-bond donors (Lipinski definition) is 1. The molecule has 25 heavy (non-hydrogen) atoms. The van der Waals surface area contributed by atoms with E-state index >= 15 is 0 Å². The van der Waals surface area contributed by atoms with Crippen molar-refractivity contribution in [2.45, 2.75) is 33.3 Å². The van der Waals surface area contributed by atoms with Gasteiger partial charge in [-0.15, -0.1) is 0 Å². The van der Waals surface area contributed by atoms with Crippen molar-refractivity contribution in [1.82, 2.24) is 0 Å². The molecule has 0 saturated carbocycles. The number of esters is 1. The van der Waals surface area contributed by atoms with E-state index in [0.29, 0.717) is 17.9 Å². The molecule has 1 amide bonds. The van der Waals surface area contributed by atoms with Crippen molar-refractivity contribution >= 4 is 17.6 Å². The number of aryl methyl sites for hydroxylation is 1. The molecule has 0 saturated heterocycles. The molecule has 5 nitrogen and oxygen atoms in total. The Hall–Kier alpha value is -2.82. The topological polar surface area (TPSA) is 64.6 Å². The van der Waals surface area contributed by atoms with Gasteiger partial charge in [0, 0.05) is 11.3 Å². The fraction of sp³-hybridized carbons (Fsp3) is 0.300. The van der Waals surface area contributed by atoms with E-state index in [1.165, 1.54) is 0 Å². The van der Waals surface area contributed by atoms with E-state index in [0.717, 1.165) is 17.7 Å².